The van der Waals surface area contributed by atoms with Crippen molar-refractivity contribution >= 4 is 17.8 Å². The Morgan fingerprint density at radius 3 is 2.62 bits per heavy atom. The van der Waals surface area contributed by atoms with E-state index in [0.717, 1.165) is 28.7 Å². The van der Waals surface area contributed by atoms with Gasteiger partial charge in [0.15, 0.2) is 23.4 Å². The summed E-state index contributed by atoms with van der Waals surface area (Å²) in [4.78, 5) is 26.4. The van der Waals surface area contributed by atoms with Gasteiger partial charge in [-0.3, -0.25) is 9.59 Å². The van der Waals surface area contributed by atoms with Crippen molar-refractivity contribution in [1.82, 2.24) is 4.90 Å². The van der Waals surface area contributed by atoms with Gasteiger partial charge in [-0.1, -0.05) is 30.3 Å². The number of fused-ring (bicyclic) bond motifs is 1. The molecule has 0 radical (unpaired) electrons. The standard InChI is InChI=1S/C24H27NO4/c1-5-28-22-15-17(10-13-21(22)29-16(2)24(27)25(3)4)14-19-12-11-18-8-6-7-9-20(18)23(19)26/h6-10,13-16H,5,11-12H2,1-4H3/b19-14+/t16-/m0/s1. The van der Waals surface area contributed by atoms with Crippen molar-refractivity contribution in [3.05, 3.63) is 64.7 Å². The summed E-state index contributed by atoms with van der Waals surface area (Å²) in [6.45, 7) is 4.08. The fraction of sp³-hybridized carbons (Fsp3) is 0.333. The largest absolute Gasteiger partial charge is 0.490 e. The molecule has 0 aliphatic heterocycles. The van der Waals surface area contributed by atoms with Gasteiger partial charge in [0.25, 0.3) is 5.91 Å². The summed E-state index contributed by atoms with van der Waals surface area (Å²) >= 11 is 0. The number of carbonyl (C=O) groups is 2. The summed E-state index contributed by atoms with van der Waals surface area (Å²) in [5, 5.41) is 0. The van der Waals surface area contributed by atoms with Gasteiger partial charge < -0.3 is 14.4 Å². The first-order chi connectivity index (χ1) is 13.9. The van der Waals surface area contributed by atoms with E-state index in [2.05, 4.69) is 0 Å². The average molecular weight is 393 g/mol. The van der Waals surface area contributed by atoms with Crippen LogP contribution >= 0.6 is 0 Å². The number of rotatable bonds is 6. The maximum atomic E-state index is 12.8. The second-order valence-corrected chi connectivity index (χ2v) is 7.29. The predicted octanol–water partition coefficient (Wildman–Crippen LogP) is 4.15. The summed E-state index contributed by atoms with van der Waals surface area (Å²) in [5.41, 5.74) is 3.55. The molecule has 1 amide bonds. The Kier molecular flexibility index (Phi) is 6.37. The van der Waals surface area contributed by atoms with Crippen molar-refractivity contribution in [3.63, 3.8) is 0 Å². The average Bonchev–Trinajstić information content (AvgIpc) is 2.71. The minimum atomic E-state index is -0.621. The number of benzene rings is 2. The Labute approximate surface area is 171 Å². The van der Waals surface area contributed by atoms with Gasteiger partial charge in [-0.15, -0.1) is 0 Å². The molecular weight excluding hydrogens is 366 g/mol. The van der Waals surface area contributed by atoms with Crippen LogP contribution in [-0.2, 0) is 11.2 Å². The highest BCUT2D eigenvalue weighted by Crippen LogP contribution is 2.32. The topological polar surface area (TPSA) is 55.8 Å². The third-order valence-electron chi connectivity index (χ3n) is 4.92. The van der Waals surface area contributed by atoms with Gasteiger partial charge in [0.2, 0.25) is 0 Å². The summed E-state index contributed by atoms with van der Waals surface area (Å²) < 4.78 is 11.6. The lowest BCUT2D eigenvalue weighted by Gasteiger charge is -2.20. The number of hydrogen-bond acceptors (Lipinski definition) is 4. The SMILES string of the molecule is CCOc1cc(/C=C2\CCc3ccccc3C2=O)ccc1O[C@@H](C)C(=O)N(C)C. The van der Waals surface area contributed by atoms with E-state index in [1.54, 1.807) is 27.1 Å². The molecular formula is C24H27NO4. The zero-order chi connectivity index (χ0) is 21.0. The Balaban J connectivity index is 1.86. The predicted molar refractivity (Wildman–Crippen MR) is 113 cm³/mol. The van der Waals surface area contributed by atoms with E-state index in [1.165, 1.54) is 4.90 Å². The molecule has 0 unspecified atom stereocenters. The van der Waals surface area contributed by atoms with E-state index in [1.807, 2.05) is 49.4 Å². The van der Waals surface area contributed by atoms with Gasteiger partial charge >= 0.3 is 0 Å². The Bertz CT molecular complexity index is 946. The second kappa shape index (κ2) is 8.95. The molecule has 152 valence electrons. The minimum Gasteiger partial charge on any atom is -0.490 e. The van der Waals surface area contributed by atoms with Crippen LogP contribution in [0, 0.1) is 0 Å². The van der Waals surface area contributed by atoms with Gasteiger partial charge in [-0.05, 0) is 56.0 Å². The first kappa shape index (κ1) is 20.6. The normalized spacial score (nSPS) is 15.6. The van der Waals surface area contributed by atoms with Crippen LogP contribution < -0.4 is 9.47 Å². The highest BCUT2D eigenvalue weighted by Gasteiger charge is 2.22. The van der Waals surface area contributed by atoms with Gasteiger partial charge in [0.1, 0.15) is 0 Å². The third kappa shape index (κ3) is 4.67. The van der Waals surface area contributed by atoms with Crippen LogP contribution in [0.4, 0.5) is 0 Å². The van der Waals surface area contributed by atoms with Crippen LogP contribution in [0.25, 0.3) is 6.08 Å². The molecule has 2 aromatic carbocycles. The number of carbonyl (C=O) groups excluding carboxylic acids is 2. The maximum Gasteiger partial charge on any atom is 0.262 e. The monoisotopic (exact) mass is 393 g/mol. The summed E-state index contributed by atoms with van der Waals surface area (Å²) in [6.07, 6.45) is 2.87. The number of aryl methyl sites for hydroxylation is 1. The molecule has 1 atom stereocenters. The molecule has 3 rings (SSSR count). The molecule has 0 spiro atoms. The molecule has 0 saturated heterocycles. The van der Waals surface area contributed by atoms with E-state index in [-0.39, 0.29) is 11.7 Å². The first-order valence-corrected chi connectivity index (χ1v) is 9.88. The highest BCUT2D eigenvalue weighted by atomic mass is 16.5. The number of amides is 1. The van der Waals surface area contributed by atoms with Crippen LogP contribution in [0.1, 0.15) is 41.8 Å². The maximum absolute atomic E-state index is 12.8. The lowest BCUT2D eigenvalue weighted by molar-refractivity contribution is -0.135. The molecule has 29 heavy (non-hydrogen) atoms. The summed E-state index contributed by atoms with van der Waals surface area (Å²) in [5.74, 6) is 1.03. The molecule has 0 fully saturated rings. The van der Waals surface area contributed by atoms with E-state index in [9.17, 15) is 9.59 Å². The quantitative estimate of drug-likeness (QED) is 0.692. The van der Waals surface area contributed by atoms with Crippen molar-refractivity contribution < 1.29 is 19.1 Å². The van der Waals surface area contributed by atoms with E-state index < -0.39 is 6.10 Å². The number of Topliss-reactive ketones (excluding diaryl/α,β-unsaturated/α-hetero) is 1. The van der Waals surface area contributed by atoms with Crippen LogP contribution in [0.15, 0.2) is 48.0 Å². The van der Waals surface area contributed by atoms with Gasteiger partial charge in [-0.25, -0.2) is 0 Å². The Hall–Kier alpha value is -3.08. The molecule has 2 aromatic rings. The lowest BCUT2D eigenvalue weighted by atomic mass is 9.86. The molecule has 5 nitrogen and oxygen atoms in total. The molecule has 5 heteroatoms. The number of ether oxygens (including phenoxy) is 2. The molecule has 1 aliphatic carbocycles. The van der Waals surface area contributed by atoms with E-state index >= 15 is 0 Å². The first-order valence-electron chi connectivity index (χ1n) is 9.88. The van der Waals surface area contributed by atoms with Gasteiger partial charge in [0, 0.05) is 25.2 Å². The molecule has 0 saturated carbocycles. The van der Waals surface area contributed by atoms with Crippen molar-refractivity contribution in [2.75, 3.05) is 20.7 Å². The summed E-state index contributed by atoms with van der Waals surface area (Å²) in [7, 11) is 3.39. The molecule has 0 N–H and O–H groups in total. The Morgan fingerprint density at radius 2 is 1.90 bits per heavy atom. The number of ketones is 1. The third-order valence-corrected chi connectivity index (χ3v) is 4.92. The van der Waals surface area contributed by atoms with Crippen LogP contribution in [0.2, 0.25) is 0 Å². The highest BCUT2D eigenvalue weighted by molar-refractivity contribution is 6.13. The summed E-state index contributed by atoms with van der Waals surface area (Å²) in [6, 6.07) is 13.3. The van der Waals surface area contributed by atoms with Crippen molar-refractivity contribution in [2.24, 2.45) is 0 Å². The molecule has 0 aromatic heterocycles. The van der Waals surface area contributed by atoms with Crippen LogP contribution in [-0.4, -0.2) is 43.4 Å². The number of nitrogens with zero attached hydrogens (tertiary/aromatic N) is 1. The van der Waals surface area contributed by atoms with Gasteiger partial charge in [-0.2, -0.15) is 0 Å². The number of likely N-dealkylation sites (N-methyl/N-ethyl adjacent to an activating group) is 1. The van der Waals surface area contributed by atoms with Crippen molar-refractivity contribution in [2.45, 2.75) is 32.8 Å². The molecule has 1 aliphatic rings. The number of hydrogen-bond donors (Lipinski definition) is 0. The van der Waals surface area contributed by atoms with Crippen LogP contribution in [0.3, 0.4) is 0 Å². The second-order valence-electron chi connectivity index (χ2n) is 7.29. The smallest absolute Gasteiger partial charge is 0.262 e. The zero-order valence-corrected chi connectivity index (χ0v) is 17.4. The molecule has 0 bridgehead atoms. The lowest BCUT2D eigenvalue weighted by Crippen LogP contribution is -2.35. The van der Waals surface area contributed by atoms with E-state index in [4.69, 9.17) is 9.47 Å². The number of allylic oxidation sites excluding steroid dienone is 1. The zero-order valence-electron chi connectivity index (χ0n) is 17.4. The Morgan fingerprint density at radius 1 is 1.14 bits per heavy atom. The van der Waals surface area contributed by atoms with Crippen molar-refractivity contribution in [3.8, 4) is 11.5 Å². The van der Waals surface area contributed by atoms with E-state index in [0.29, 0.717) is 24.5 Å². The van der Waals surface area contributed by atoms with Crippen LogP contribution in [0.5, 0.6) is 11.5 Å². The fourth-order valence-corrected chi connectivity index (χ4v) is 3.44. The minimum absolute atomic E-state index is 0.0790. The molecule has 0 heterocycles. The van der Waals surface area contributed by atoms with Gasteiger partial charge in [0.05, 0.1) is 6.61 Å². The fourth-order valence-electron chi connectivity index (χ4n) is 3.44. The van der Waals surface area contributed by atoms with Crippen molar-refractivity contribution in [1.29, 1.82) is 0 Å².